The van der Waals surface area contributed by atoms with Crippen molar-refractivity contribution in [3.8, 4) is 11.5 Å². The van der Waals surface area contributed by atoms with Crippen molar-refractivity contribution in [2.75, 3.05) is 13.2 Å². The first-order valence-corrected chi connectivity index (χ1v) is 5.93. The Morgan fingerprint density at radius 3 is 2.88 bits per heavy atom. The quantitative estimate of drug-likeness (QED) is 0.876. The molecule has 1 aliphatic heterocycles. The van der Waals surface area contributed by atoms with Crippen molar-refractivity contribution in [1.82, 2.24) is 0 Å². The average molecular weight is 302 g/mol. The van der Waals surface area contributed by atoms with Gasteiger partial charge >= 0.3 is 5.97 Å². The second-order valence-electron chi connectivity index (χ2n) is 3.75. The number of carbonyl (C=O) groups is 1. The van der Waals surface area contributed by atoms with Crippen LogP contribution in [0.25, 0.3) is 0 Å². The first kappa shape index (κ1) is 12.2. The molecule has 1 atom stereocenters. The fourth-order valence-corrected chi connectivity index (χ4v) is 2.23. The van der Waals surface area contributed by atoms with E-state index < -0.39 is 12.0 Å². The van der Waals surface area contributed by atoms with Crippen LogP contribution in [0, 0.1) is 0 Å². The topological polar surface area (TPSA) is 81.8 Å². The molecule has 0 bridgehead atoms. The van der Waals surface area contributed by atoms with E-state index in [-0.39, 0.29) is 6.42 Å². The summed E-state index contributed by atoms with van der Waals surface area (Å²) < 4.78 is 11.6. The molecular weight excluding hydrogens is 290 g/mol. The molecule has 1 aliphatic rings. The van der Waals surface area contributed by atoms with E-state index in [0.717, 1.165) is 10.0 Å². The van der Waals surface area contributed by atoms with E-state index in [1.807, 2.05) is 0 Å². The molecule has 6 heteroatoms. The van der Waals surface area contributed by atoms with E-state index in [4.69, 9.17) is 20.3 Å². The molecule has 0 fully saturated rings. The van der Waals surface area contributed by atoms with Gasteiger partial charge in [0.25, 0.3) is 0 Å². The molecule has 0 spiro atoms. The molecule has 0 aromatic heterocycles. The number of carboxylic acids is 1. The summed E-state index contributed by atoms with van der Waals surface area (Å²) in [5.41, 5.74) is 6.29. The zero-order valence-electron chi connectivity index (χ0n) is 8.98. The predicted molar refractivity (Wildman–Crippen MR) is 64.4 cm³/mol. The summed E-state index contributed by atoms with van der Waals surface area (Å²) in [6.45, 7) is 1.01. The lowest BCUT2D eigenvalue weighted by atomic mass is 10.1. The fraction of sp³-hybridized carbons (Fsp3) is 0.364. The van der Waals surface area contributed by atoms with Crippen molar-refractivity contribution in [1.29, 1.82) is 0 Å². The molecule has 1 heterocycles. The van der Waals surface area contributed by atoms with E-state index in [1.54, 1.807) is 12.1 Å². The van der Waals surface area contributed by atoms with Crippen LogP contribution in [0.4, 0.5) is 0 Å². The molecule has 0 amide bonds. The maximum atomic E-state index is 10.7. The average Bonchev–Trinajstić information content (AvgIpc) is 2.29. The highest BCUT2D eigenvalue weighted by Gasteiger charge is 2.19. The van der Waals surface area contributed by atoms with E-state index in [0.29, 0.717) is 24.7 Å². The SMILES string of the molecule is NC(Cc1cc(Br)c2c(c1)OCCO2)C(=O)O. The molecule has 17 heavy (non-hydrogen) atoms. The lowest BCUT2D eigenvalue weighted by Crippen LogP contribution is -2.32. The number of halogens is 1. The smallest absolute Gasteiger partial charge is 0.320 e. The van der Waals surface area contributed by atoms with Gasteiger partial charge < -0.3 is 20.3 Å². The maximum absolute atomic E-state index is 10.7. The van der Waals surface area contributed by atoms with Gasteiger partial charge in [-0.2, -0.15) is 0 Å². The number of benzene rings is 1. The highest BCUT2D eigenvalue weighted by molar-refractivity contribution is 9.10. The van der Waals surface area contributed by atoms with Gasteiger partial charge in [0.2, 0.25) is 0 Å². The zero-order chi connectivity index (χ0) is 12.4. The van der Waals surface area contributed by atoms with E-state index in [2.05, 4.69) is 15.9 Å². The number of carboxylic acid groups (broad SMARTS) is 1. The summed E-state index contributed by atoms with van der Waals surface area (Å²) in [7, 11) is 0. The van der Waals surface area contributed by atoms with Crippen molar-refractivity contribution >= 4 is 21.9 Å². The van der Waals surface area contributed by atoms with Gasteiger partial charge in [0.05, 0.1) is 4.47 Å². The summed E-state index contributed by atoms with van der Waals surface area (Å²) in [4.78, 5) is 10.7. The van der Waals surface area contributed by atoms with Crippen molar-refractivity contribution in [2.24, 2.45) is 5.73 Å². The number of ether oxygens (including phenoxy) is 2. The van der Waals surface area contributed by atoms with Crippen LogP contribution < -0.4 is 15.2 Å². The minimum absolute atomic E-state index is 0.255. The first-order chi connectivity index (χ1) is 8.08. The molecule has 92 valence electrons. The van der Waals surface area contributed by atoms with Gasteiger partial charge in [0.15, 0.2) is 11.5 Å². The summed E-state index contributed by atoms with van der Waals surface area (Å²) in [6, 6.07) is 2.66. The Morgan fingerprint density at radius 1 is 1.47 bits per heavy atom. The highest BCUT2D eigenvalue weighted by atomic mass is 79.9. The van der Waals surface area contributed by atoms with Gasteiger partial charge in [-0.15, -0.1) is 0 Å². The van der Waals surface area contributed by atoms with Crippen molar-refractivity contribution in [2.45, 2.75) is 12.5 Å². The van der Waals surface area contributed by atoms with Crippen molar-refractivity contribution in [3.05, 3.63) is 22.2 Å². The number of rotatable bonds is 3. The number of fused-ring (bicyclic) bond motifs is 1. The third kappa shape index (κ3) is 2.70. The van der Waals surface area contributed by atoms with Crippen LogP contribution in [0.15, 0.2) is 16.6 Å². The maximum Gasteiger partial charge on any atom is 0.320 e. The summed E-state index contributed by atoms with van der Waals surface area (Å²) in [6.07, 6.45) is 0.255. The molecule has 0 saturated carbocycles. The summed E-state index contributed by atoms with van der Waals surface area (Å²) in [5.74, 6) is 0.262. The van der Waals surface area contributed by atoms with E-state index >= 15 is 0 Å². The minimum atomic E-state index is -1.02. The third-order valence-corrected chi connectivity index (χ3v) is 3.02. The largest absolute Gasteiger partial charge is 0.486 e. The minimum Gasteiger partial charge on any atom is -0.486 e. The molecule has 2 rings (SSSR count). The normalized spacial score (nSPS) is 15.4. The Balaban J connectivity index is 2.25. The Morgan fingerprint density at radius 2 is 2.18 bits per heavy atom. The Labute approximate surface area is 107 Å². The summed E-state index contributed by atoms with van der Waals surface area (Å²) in [5, 5.41) is 8.76. The van der Waals surface area contributed by atoms with Gasteiger partial charge in [-0.05, 0) is 40.0 Å². The van der Waals surface area contributed by atoms with E-state index in [1.165, 1.54) is 0 Å². The van der Waals surface area contributed by atoms with Gasteiger partial charge in [-0.1, -0.05) is 0 Å². The lowest BCUT2D eigenvalue weighted by Gasteiger charge is -2.20. The number of hydrogen-bond donors (Lipinski definition) is 2. The monoisotopic (exact) mass is 301 g/mol. The van der Waals surface area contributed by atoms with Crippen LogP contribution in [-0.2, 0) is 11.2 Å². The van der Waals surface area contributed by atoms with Gasteiger partial charge in [0.1, 0.15) is 19.3 Å². The summed E-state index contributed by atoms with van der Waals surface area (Å²) >= 11 is 3.37. The zero-order valence-corrected chi connectivity index (χ0v) is 10.6. The standard InChI is InChI=1S/C11H12BrNO4/c12-7-3-6(4-8(13)11(14)15)5-9-10(7)17-2-1-16-9/h3,5,8H,1-2,4,13H2,(H,14,15). The van der Waals surface area contributed by atoms with Gasteiger partial charge in [-0.25, -0.2) is 0 Å². The fourth-order valence-electron chi connectivity index (χ4n) is 1.62. The second-order valence-corrected chi connectivity index (χ2v) is 4.61. The second kappa shape index (κ2) is 4.93. The molecule has 0 aliphatic carbocycles. The molecule has 0 saturated heterocycles. The van der Waals surface area contributed by atoms with Crippen LogP contribution in [0.5, 0.6) is 11.5 Å². The highest BCUT2D eigenvalue weighted by Crippen LogP contribution is 2.38. The Kier molecular flexibility index (Phi) is 3.54. The number of hydrogen-bond acceptors (Lipinski definition) is 4. The lowest BCUT2D eigenvalue weighted by molar-refractivity contribution is -0.138. The third-order valence-electron chi connectivity index (χ3n) is 2.43. The molecule has 1 aromatic carbocycles. The molecule has 3 N–H and O–H groups in total. The van der Waals surface area contributed by atoms with Crippen LogP contribution in [0.2, 0.25) is 0 Å². The number of aliphatic carboxylic acids is 1. The van der Waals surface area contributed by atoms with Crippen molar-refractivity contribution in [3.63, 3.8) is 0 Å². The molecule has 0 radical (unpaired) electrons. The molecule has 1 unspecified atom stereocenters. The van der Waals surface area contributed by atoms with Gasteiger partial charge in [0, 0.05) is 0 Å². The van der Waals surface area contributed by atoms with Crippen LogP contribution in [-0.4, -0.2) is 30.3 Å². The van der Waals surface area contributed by atoms with Crippen molar-refractivity contribution < 1.29 is 19.4 Å². The first-order valence-electron chi connectivity index (χ1n) is 5.14. The Bertz CT molecular complexity index is 449. The molecular formula is C11H12BrNO4. The van der Waals surface area contributed by atoms with Gasteiger partial charge in [-0.3, -0.25) is 4.79 Å². The predicted octanol–water partition coefficient (Wildman–Crippen LogP) is 1.17. The molecule has 1 aromatic rings. The van der Waals surface area contributed by atoms with E-state index in [9.17, 15) is 4.79 Å². The Hall–Kier alpha value is -1.27. The molecule has 5 nitrogen and oxygen atoms in total. The number of nitrogens with two attached hydrogens (primary N) is 1. The van der Waals surface area contributed by atoms with Crippen LogP contribution in [0.3, 0.4) is 0 Å². The van der Waals surface area contributed by atoms with Crippen LogP contribution in [0.1, 0.15) is 5.56 Å². The van der Waals surface area contributed by atoms with Crippen LogP contribution >= 0.6 is 15.9 Å².